The van der Waals surface area contributed by atoms with Crippen molar-refractivity contribution in [1.82, 2.24) is 19.8 Å². The summed E-state index contributed by atoms with van der Waals surface area (Å²) < 4.78 is 26.1. The lowest BCUT2D eigenvalue weighted by Crippen LogP contribution is -1.99. The van der Waals surface area contributed by atoms with Crippen LogP contribution in [0.1, 0.15) is 5.01 Å². The van der Waals surface area contributed by atoms with E-state index in [4.69, 9.17) is 9.47 Å². The third-order valence-electron chi connectivity index (χ3n) is 3.54. The monoisotopic (exact) mass is 356 g/mol. The van der Waals surface area contributed by atoms with Crippen LogP contribution in [-0.4, -0.2) is 26.9 Å². The third kappa shape index (κ3) is 3.03. The molecule has 0 bridgehead atoms. The Morgan fingerprint density at radius 1 is 1.08 bits per heavy atom. The highest BCUT2D eigenvalue weighted by Gasteiger charge is 2.14. The maximum absolute atomic E-state index is 13.4. The predicted molar refractivity (Wildman–Crippen MR) is 91.4 cm³/mol. The van der Waals surface area contributed by atoms with Crippen molar-refractivity contribution in [2.45, 2.75) is 6.61 Å². The molecule has 4 aromatic rings. The first-order valence-electron chi connectivity index (χ1n) is 7.47. The van der Waals surface area contributed by atoms with Gasteiger partial charge in [-0.1, -0.05) is 35.6 Å². The smallest absolute Gasteiger partial charge is 0.235 e. The molecular weight excluding hydrogens is 343 g/mol. The third-order valence-corrected chi connectivity index (χ3v) is 4.41. The second-order valence-electron chi connectivity index (χ2n) is 5.16. The lowest BCUT2D eigenvalue weighted by molar-refractivity contribution is 0.283. The van der Waals surface area contributed by atoms with Gasteiger partial charge in [0.05, 0.1) is 7.11 Å². The molecule has 0 atom stereocenters. The molecule has 2 aromatic heterocycles. The van der Waals surface area contributed by atoms with E-state index < -0.39 is 0 Å². The van der Waals surface area contributed by atoms with Gasteiger partial charge in [-0.05, 0) is 24.3 Å². The van der Waals surface area contributed by atoms with E-state index in [0.29, 0.717) is 27.8 Å². The Morgan fingerprint density at radius 3 is 2.72 bits per heavy atom. The van der Waals surface area contributed by atoms with E-state index in [9.17, 15) is 4.39 Å². The van der Waals surface area contributed by atoms with E-state index in [1.165, 1.54) is 23.5 Å². The fourth-order valence-electron chi connectivity index (χ4n) is 2.40. The molecule has 0 amide bonds. The van der Waals surface area contributed by atoms with Crippen molar-refractivity contribution in [3.05, 3.63) is 59.4 Å². The molecule has 4 rings (SSSR count). The van der Waals surface area contributed by atoms with E-state index >= 15 is 0 Å². The summed E-state index contributed by atoms with van der Waals surface area (Å²) in [6.45, 7) is 0.275. The minimum atomic E-state index is -0.329. The molecule has 6 nitrogen and oxygen atoms in total. The van der Waals surface area contributed by atoms with Crippen molar-refractivity contribution >= 4 is 16.3 Å². The molecular formula is C17H13FN4O2S. The summed E-state index contributed by atoms with van der Waals surface area (Å²) in [6.07, 6.45) is 0. The number of methoxy groups -OCH3 is 1. The van der Waals surface area contributed by atoms with E-state index in [1.807, 2.05) is 24.3 Å². The fraction of sp³-hybridized carbons (Fsp3) is 0.118. The summed E-state index contributed by atoms with van der Waals surface area (Å²) in [7, 11) is 1.59. The van der Waals surface area contributed by atoms with Crippen LogP contribution in [0.3, 0.4) is 0 Å². The number of benzene rings is 2. The maximum atomic E-state index is 13.4. The van der Waals surface area contributed by atoms with Crippen LogP contribution in [0.15, 0.2) is 48.5 Å². The van der Waals surface area contributed by atoms with Gasteiger partial charge in [-0.15, -0.1) is 10.2 Å². The second kappa shape index (κ2) is 6.48. The van der Waals surface area contributed by atoms with Crippen molar-refractivity contribution < 1.29 is 13.9 Å². The van der Waals surface area contributed by atoms with Crippen molar-refractivity contribution in [3.8, 4) is 22.9 Å². The predicted octanol–water partition coefficient (Wildman–Crippen LogP) is 3.58. The lowest BCUT2D eigenvalue weighted by Gasteiger charge is -2.08. The molecule has 0 aliphatic rings. The Hall–Kier alpha value is -3.00. The lowest BCUT2D eigenvalue weighted by atomic mass is 10.2. The molecule has 0 aliphatic carbocycles. The SMILES string of the molecule is COc1ccccc1OCc1nn2c(-c3cccc(F)c3)nnc2s1. The quantitative estimate of drug-likeness (QED) is 0.547. The molecule has 0 radical (unpaired) electrons. The first-order valence-corrected chi connectivity index (χ1v) is 8.29. The van der Waals surface area contributed by atoms with Gasteiger partial charge in [0, 0.05) is 5.56 Å². The number of nitrogens with zero attached hydrogens (tertiary/aromatic N) is 4. The number of fused-ring (bicyclic) bond motifs is 1. The van der Waals surface area contributed by atoms with Gasteiger partial charge >= 0.3 is 0 Å². The average molecular weight is 356 g/mol. The number of halogens is 1. The molecule has 126 valence electrons. The van der Waals surface area contributed by atoms with Crippen LogP contribution in [0.5, 0.6) is 11.5 Å². The molecule has 0 saturated carbocycles. The van der Waals surface area contributed by atoms with Crippen LogP contribution < -0.4 is 9.47 Å². The standard InChI is InChI=1S/C17H13FN4O2S/c1-23-13-7-2-3-8-14(13)24-10-15-21-22-16(19-20-17(22)25-15)11-5-4-6-12(18)9-11/h2-9H,10H2,1H3. The van der Waals surface area contributed by atoms with Gasteiger partial charge in [0.25, 0.3) is 0 Å². The Labute approximate surface area is 146 Å². The second-order valence-corrected chi connectivity index (χ2v) is 6.20. The number of hydrogen-bond donors (Lipinski definition) is 0. The van der Waals surface area contributed by atoms with Crippen LogP contribution in [0.2, 0.25) is 0 Å². The zero-order valence-electron chi connectivity index (χ0n) is 13.2. The Bertz CT molecular complexity index is 1030. The van der Waals surface area contributed by atoms with Crippen molar-refractivity contribution in [1.29, 1.82) is 0 Å². The minimum absolute atomic E-state index is 0.275. The molecule has 0 N–H and O–H groups in total. The fourth-order valence-corrected chi connectivity index (χ4v) is 3.15. The van der Waals surface area contributed by atoms with Gasteiger partial charge in [-0.2, -0.15) is 9.61 Å². The molecule has 8 heteroatoms. The molecule has 0 aliphatic heterocycles. The average Bonchev–Trinajstić information content (AvgIpc) is 3.20. The highest BCUT2D eigenvalue weighted by atomic mass is 32.1. The number of ether oxygens (including phenoxy) is 2. The van der Waals surface area contributed by atoms with Crippen LogP contribution in [0, 0.1) is 5.82 Å². The van der Waals surface area contributed by atoms with E-state index in [2.05, 4.69) is 15.3 Å². The molecule has 0 fully saturated rings. The van der Waals surface area contributed by atoms with Gasteiger partial charge in [0.2, 0.25) is 4.96 Å². The van der Waals surface area contributed by atoms with Gasteiger partial charge in [-0.3, -0.25) is 0 Å². The minimum Gasteiger partial charge on any atom is -0.493 e. The van der Waals surface area contributed by atoms with Gasteiger partial charge in [0.15, 0.2) is 22.3 Å². The number of aromatic nitrogens is 4. The maximum Gasteiger partial charge on any atom is 0.235 e. The first kappa shape index (κ1) is 15.5. The van der Waals surface area contributed by atoms with Crippen LogP contribution >= 0.6 is 11.3 Å². The highest BCUT2D eigenvalue weighted by Crippen LogP contribution is 2.28. The Kier molecular flexibility index (Phi) is 4.02. The Morgan fingerprint density at radius 2 is 1.92 bits per heavy atom. The topological polar surface area (TPSA) is 61.5 Å². The van der Waals surface area contributed by atoms with Crippen LogP contribution in [0.25, 0.3) is 16.3 Å². The Balaban J connectivity index is 1.60. The van der Waals surface area contributed by atoms with Crippen LogP contribution in [0.4, 0.5) is 4.39 Å². The van der Waals surface area contributed by atoms with E-state index in [1.54, 1.807) is 23.8 Å². The van der Waals surface area contributed by atoms with Crippen LogP contribution in [-0.2, 0) is 6.61 Å². The number of hydrogen-bond acceptors (Lipinski definition) is 6. The molecule has 0 saturated heterocycles. The molecule has 0 unspecified atom stereocenters. The van der Waals surface area contributed by atoms with Gasteiger partial charge < -0.3 is 9.47 Å². The normalized spacial score (nSPS) is 11.0. The van der Waals surface area contributed by atoms with Gasteiger partial charge in [0.1, 0.15) is 12.4 Å². The van der Waals surface area contributed by atoms with E-state index in [-0.39, 0.29) is 12.4 Å². The summed E-state index contributed by atoms with van der Waals surface area (Å²) in [6, 6.07) is 13.6. The van der Waals surface area contributed by atoms with Crippen molar-refractivity contribution in [3.63, 3.8) is 0 Å². The summed E-state index contributed by atoms with van der Waals surface area (Å²) >= 11 is 1.37. The molecule has 2 aromatic carbocycles. The summed E-state index contributed by atoms with van der Waals surface area (Å²) in [5.41, 5.74) is 0.620. The van der Waals surface area contributed by atoms with Gasteiger partial charge in [-0.25, -0.2) is 4.39 Å². The van der Waals surface area contributed by atoms with Crippen molar-refractivity contribution in [2.75, 3.05) is 7.11 Å². The summed E-state index contributed by atoms with van der Waals surface area (Å²) in [5.74, 6) is 1.46. The zero-order valence-corrected chi connectivity index (χ0v) is 14.0. The highest BCUT2D eigenvalue weighted by molar-refractivity contribution is 7.16. The van der Waals surface area contributed by atoms with Crippen molar-refractivity contribution in [2.24, 2.45) is 0 Å². The van der Waals surface area contributed by atoms with E-state index in [0.717, 1.165) is 5.01 Å². The first-order chi connectivity index (χ1) is 12.2. The number of para-hydroxylation sites is 2. The molecule has 25 heavy (non-hydrogen) atoms. The number of rotatable bonds is 5. The molecule has 0 spiro atoms. The largest absolute Gasteiger partial charge is 0.493 e. The summed E-state index contributed by atoms with van der Waals surface area (Å²) in [5, 5.41) is 13.4. The summed E-state index contributed by atoms with van der Waals surface area (Å²) in [4.78, 5) is 0.623. The zero-order chi connectivity index (χ0) is 17.2. The molecule has 2 heterocycles.